The molecule has 28 heavy (non-hydrogen) atoms. The first-order valence-corrected chi connectivity index (χ1v) is 3.11. The first-order chi connectivity index (χ1) is 5.78. The summed E-state index contributed by atoms with van der Waals surface area (Å²) in [6.07, 6.45) is -2.72. The van der Waals surface area contributed by atoms with E-state index < -0.39 is 36.4 Å². The van der Waals surface area contributed by atoms with Gasteiger partial charge in [-0.25, -0.2) is 0 Å². The van der Waals surface area contributed by atoms with Crippen molar-refractivity contribution in [3.63, 3.8) is 0 Å². The van der Waals surface area contributed by atoms with Crippen molar-refractivity contribution < 1.29 is 111 Å². The summed E-state index contributed by atoms with van der Waals surface area (Å²) < 4.78 is 0. The number of carboxylic acids is 3. The van der Waals surface area contributed by atoms with E-state index in [0.29, 0.717) is 0 Å². The van der Waals surface area contributed by atoms with Crippen LogP contribution in [0, 0.1) is 0 Å². The summed E-state index contributed by atoms with van der Waals surface area (Å²) in [6.45, 7) is 0. The molecule has 21 nitrogen and oxygen atoms in total. The van der Waals surface area contributed by atoms with Gasteiger partial charge in [-0.3, -0.25) is 0 Å². The second-order valence-corrected chi connectivity index (χ2v) is 2.42. The van der Waals surface area contributed by atoms with Crippen LogP contribution in [0.4, 0.5) is 0 Å². The van der Waals surface area contributed by atoms with Crippen LogP contribution in [0.5, 0.6) is 0 Å². The van der Waals surface area contributed by atoms with Crippen molar-refractivity contribution >= 4 is 41.0 Å². The first kappa shape index (κ1) is 155. The number of rotatable bonds is 5. The molecule has 29 N–H and O–H groups in total. The van der Waals surface area contributed by atoms with Gasteiger partial charge >= 0.3 is 23.1 Å². The Kier molecular flexibility index (Phi) is 353. The van der Waals surface area contributed by atoms with Crippen molar-refractivity contribution in [3.05, 3.63) is 0 Å². The van der Waals surface area contributed by atoms with Crippen molar-refractivity contribution in [2.75, 3.05) is 0 Å². The molecule has 0 unspecified atom stereocenters. The molecule has 0 fully saturated rings. The van der Waals surface area contributed by atoms with Crippen LogP contribution in [-0.4, -0.2) is 128 Å². The van der Waals surface area contributed by atoms with E-state index in [-0.39, 0.29) is 99.7 Å². The molecule has 0 aromatic carbocycles. The van der Waals surface area contributed by atoms with E-state index in [1.54, 1.807) is 0 Å². The molecule has 0 rings (SSSR count). The Morgan fingerprint density at radius 1 is 0.536 bits per heavy atom. The predicted molar refractivity (Wildman–Crippen MR) is 85.6 cm³/mol. The predicted octanol–water partition coefficient (Wildman–Crippen LogP) is -17.2. The minimum absolute atomic E-state index is 0. The third kappa shape index (κ3) is 64.3. The molecule has 0 aliphatic heterocycles. The fourth-order valence-corrected chi connectivity index (χ4v) is 0.684. The maximum atomic E-state index is 10.1. The zero-order chi connectivity index (χ0) is 10.6. The third-order valence-corrected chi connectivity index (χ3v) is 1.25. The minimum atomic E-state index is -2.97. The van der Waals surface area contributed by atoms with Gasteiger partial charge in [0.2, 0.25) is 0 Å². The largest absolute Gasteiger partial charge is 2.00 e. The van der Waals surface area contributed by atoms with Crippen LogP contribution in [0.2, 0.25) is 0 Å². The van der Waals surface area contributed by atoms with Crippen LogP contribution < -0.4 is 15.3 Å². The number of carbonyl (C=O) groups is 3. The quantitative estimate of drug-likeness (QED) is 0.381. The molecular weight excluding hydrogens is 432 g/mol. The van der Waals surface area contributed by atoms with E-state index in [1.807, 2.05) is 0 Å². The van der Waals surface area contributed by atoms with Crippen LogP contribution in [0.15, 0.2) is 0 Å². The van der Waals surface area contributed by atoms with Gasteiger partial charge in [0.15, 0.2) is 0 Å². The standard InChI is InChI=1S/C6H8O7.Mg.14H2O/c7-3(8)1-6(13,5(11)12)2-4(9)10;;;;;;;;;;;;;;;/h13H,1-2H2,(H,7,8)(H,9,10)(H,11,12);;14*1H2/q;+2;;;;;;;;;;;;;;/p-3. The number of hydrogen-bond acceptors (Lipinski definition) is 7. The van der Waals surface area contributed by atoms with Gasteiger partial charge < -0.3 is 111 Å². The van der Waals surface area contributed by atoms with Gasteiger partial charge in [0, 0.05) is 24.8 Å². The third-order valence-electron chi connectivity index (χ3n) is 1.25. The smallest absolute Gasteiger partial charge is 0.550 e. The first-order valence-electron chi connectivity index (χ1n) is 3.11. The normalized spacial score (nSPS) is 5.04. The summed E-state index contributed by atoms with van der Waals surface area (Å²) in [4.78, 5) is 30.0. The molecule has 0 spiro atoms. The van der Waals surface area contributed by atoms with Gasteiger partial charge in [-0.2, -0.15) is 0 Å². The molecule has 0 saturated heterocycles. The molecule has 0 amide bonds. The van der Waals surface area contributed by atoms with Crippen LogP contribution >= 0.6 is 0 Å². The number of aliphatic carboxylic acids is 3. The monoisotopic (exact) mass is 465 g/mol. The molecule has 0 aromatic heterocycles. The summed E-state index contributed by atoms with van der Waals surface area (Å²) in [6, 6.07) is 0. The fourth-order valence-electron chi connectivity index (χ4n) is 0.684. The molecule has 0 bridgehead atoms. The number of carbonyl (C=O) groups excluding carboxylic acids is 3. The van der Waals surface area contributed by atoms with Gasteiger partial charge in [0.25, 0.3) is 0 Å². The Hall–Kier alpha value is -1.42. The fraction of sp³-hybridized carbons (Fsp3) is 0.500. The summed E-state index contributed by atoms with van der Waals surface area (Å²) in [5, 5.41) is 38.9. The molecule has 0 aliphatic carbocycles. The Morgan fingerprint density at radius 3 is 0.750 bits per heavy atom. The summed E-state index contributed by atoms with van der Waals surface area (Å²) in [5.74, 6) is -5.98. The summed E-state index contributed by atoms with van der Waals surface area (Å²) in [5.41, 5.74) is -2.97. The minimum Gasteiger partial charge on any atom is -0.550 e. The van der Waals surface area contributed by atoms with Crippen LogP contribution in [0.3, 0.4) is 0 Å². The molecule has 0 saturated carbocycles. The SMILES string of the molecule is O.O.O.O.O.O.O.O.O.O.O.O.O.O.O=C([O-])CC(O)(CC(=O)[O-])C(=O)[O-].[Mg+2]. The Bertz CT molecular complexity index is 241. The van der Waals surface area contributed by atoms with E-state index >= 15 is 0 Å². The van der Waals surface area contributed by atoms with E-state index in [4.69, 9.17) is 5.11 Å². The van der Waals surface area contributed by atoms with Gasteiger partial charge in [0.1, 0.15) is 5.60 Å². The van der Waals surface area contributed by atoms with Crippen LogP contribution in [-0.2, 0) is 14.4 Å². The summed E-state index contributed by atoms with van der Waals surface area (Å²) >= 11 is 0. The zero-order valence-corrected chi connectivity index (χ0v) is 15.4. The van der Waals surface area contributed by atoms with E-state index in [1.165, 1.54) is 0 Å². The van der Waals surface area contributed by atoms with Crippen molar-refractivity contribution in [2.45, 2.75) is 18.4 Å². The molecule has 0 heterocycles. The van der Waals surface area contributed by atoms with Crippen LogP contribution in [0.1, 0.15) is 12.8 Å². The van der Waals surface area contributed by atoms with Gasteiger partial charge in [-0.15, -0.1) is 0 Å². The van der Waals surface area contributed by atoms with E-state index in [0.717, 1.165) is 0 Å². The Balaban J connectivity index is -0.00000000686. The van der Waals surface area contributed by atoms with E-state index in [9.17, 15) is 29.7 Å². The number of aliphatic hydroxyl groups is 1. The van der Waals surface area contributed by atoms with Crippen molar-refractivity contribution in [3.8, 4) is 0 Å². The average molecular weight is 466 g/mol. The maximum Gasteiger partial charge on any atom is 2.00 e. The van der Waals surface area contributed by atoms with Gasteiger partial charge in [0.05, 0.1) is 5.97 Å². The maximum absolute atomic E-state index is 10.1. The van der Waals surface area contributed by atoms with Crippen molar-refractivity contribution in [1.82, 2.24) is 0 Å². The molecule has 0 aliphatic rings. The summed E-state index contributed by atoms with van der Waals surface area (Å²) in [7, 11) is 0. The average Bonchev–Trinajstić information content (AvgIpc) is 1.82. The van der Waals surface area contributed by atoms with Crippen molar-refractivity contribution in [1.29, 1.82) is 0 Å². The van der Waals surface area contributed by atoms with Crippen molar-refractivity contribution in [2.24, 2.45) is 0 Å². The molecule has 0 radical (unpaired) electrons. The van der Waals surface area contributed by atoms with Gasteiger partial charge in [-0.05, 0) is 0 Å². The van der Waals surface area contributed by atoms with Crippen LogP contribution in [0.25, 0.3) is 0 Å². The Labute approximate surface area is 171 Å². The molecule has 186 valence electrons. The van der Waals surface area contributed by atoms with E-state index in [2.05, 4.69) is 0 Å². The molecule has 22 heteroatoms. The molecule has 0 atom stereocenters. The number of hydrogen-bond donors (Lipinski definition) is 1. The topological polar surface area (TPSA) is 582 Å². The van der Waals surface area contributed by atoms with Gasteiger partial charge in [-0.1, -0.05) is 0 Å². The zero-order valence-electron chi connectivity index (χ0n) is 14.0. The Morgan fingerprint density at radius 2 is 0.679 bits per heavy atom. The second-order valence-electron chi connectivity index (χ2n) is 2.42. The number of carboxylic acid groups (broad SMARTS) is 3. The molecular formula is C6H33MgO21-. The second kappa shape index (κ2) is 63.7. The molecule has 0 aromatic rings.